The zero-order valence-electron chi connectivity index (χ0n) is 14.3. The maximum absolute atomic E-state index is 12.9. The number of rotatable bonds is 3. The molecule has 0 spiro atoms. The SMILES string of the molecule is CN1CCc2c([nH]c3ccc(NS(=O)(=O)C4=CC=C5SC=CC54)cc23)C1. The lowest BCUT2D eigenvalue weighted by Crippen LogP contribution is -2.26. The molecule has 0 amide bonds. The van der Waals surface area contributed by atoms with Crippen LogP contribution in [0.15, 0.2) is 51.6 Å². The molecule has 0 saturated heterocycles. The van der Waals surface area contributed by atoms with Crippen molar-refractivity contribution >= 4 is 38.4 Å². The summed E-state index contributed by atoms with van der Waals surface area (Å²) in [6.45, 7) is 1.92. The van der Waals surface area contributed by atoms with Gasteiger partial charge in [0, 0.05) is 46.2 Å². The number of sulfonamides is 1. The van der Waals surface area contributed by atoms with Crippen molar-refractivity contribution in [1.29, 1.82) is 0 Å². The molecule has 1 aliphatic carbocycles. The summed E-state index contributed by atoms with van der Waals surface area (Å²) in [5.74, 6) is -0.128. The van der Waals surface area contributed by atoms with E-state index in [-0.39, 0.29) is 5.92 Å². The summed E-state index contributed by atoms with van der Waals surface area (Å²) in [6.07, 6.45) is 6.53. The molecular formula is C19H19N3O2S2. The summed E-state index contributed by atoms with van der Waals surface area (Å²) in [6, 6.07) is 5.74. The fraction of sp³-hybridized carbons (Fsp3) is 0.263. The molecule has 5 nitrogen and oxygen atoms in total. The van der Waals surface area contributed by atoms with Crippen LogP contribution in [0, 0.1) is 5.92 Å². The molecule has 7 heteroatoms. The van der Waals surface area contributed by atoms with Gasteiger partial charge >= 0.3 is 0 Å². The number of aromatic nitrogens is 1. The Morgan fingerprint density at radius 2 is 2.19 bits per heavy atom. The van der Waals surface area contributed by atoms with Gasteiger partial charge in [0.15, 0.2) is 0 Å². The Labute approximate surface area is 156 Å². The van der Waals surface area contributed by atoms with Gasteiger partial charge in [-0.15, -0.1) is 11.8 Å². The Bertz CT molecular complexity index is 1110. The monoisotopic (exact) mass is 385 g/mol. The van der Waals surface area contributed by atoms with Gasteiger partial charge in [0.25, 0.3) is 10.0 Å². The van der Waals surface area contributed by atoms with Crippen LogP contribution in [0.1, 0.15) is 11.3 Å². The Kier molecular flexibility index (Phi) is 3.60. The number of nitrogens with zero attached hydrogens (tertiary/aromatic N) is 1. The standard InChI is InChI=1S/C19H19N3O2S2/c1-22-8-6-13-15-10-12(2-3-16(15)20-17(13)11-22)21-26(23,24)19-5-4-18-14(19)7-9-25-18/h2-5,7,9-10,14,20-21H,6,8,11H2,1H3. The van der Waals surface area contributed by atoms with E-state index in [1.807, 2.05) is 35.8 Å². The number of allylic oxidation sites excluding steroid dienone is 5. The highest BCUT2D eigenvalue weighted by Crippen LogP contribution is 2.44. The molecule has 1 aromatic carbocycles. The Balaban J connectivity index is 1.47. The van der Waals surface area contributed by atoms with Gasteiger partial charge < -0.3 is 9.88 Å². The second-order valence-electron chi connectivity index (χ2n) is 7.00. The van der Waals surface area contributed by atoms with Gasteiger partial charge in [0.1, 0.15) is 0 Å². The predicted octanol–water partition coefficient (Wildman–Crippen LogP) is 3.56. The third kappa shape index (κ3) is 2.53. The summed E-state index contributed by atoms with van der Waals surface area (Å²) in [4.78, 5) is 7.25. The Hall–Kier alpha value is -1.96. The van der Waals surface area contributed by atoms with Gasteiger partial charge in [-0.3, -0.25) is 4.72 Å². The molecule has 2 aliphatic heterocycles. The quantitative estimate of drug-likeness (QED) is 0.848. The molecule has 2 N–H and O–H groups in total. The van der Waals surface area contributed by atoms with Gasteiger partial charge in [-0.1, -0.05) is 12.2 Å². The third-order valence-electron chi connectivity index (χ3n) is 5.23. The van der Waals surface area contributed by atoms with E-state index in [1.165, 1.54) is 11.3 Å². The maximum Gasteiger partial charge on any atom is 0.258 e. The van der Waals surface area contributed by atoms with E-state index in [0.717, 1.165) is 35.3 Å². The van der Waals surface area contributed by atoms with Crippen LogP contribution >= 0.6 is 11.8 Å². The van der Waals surface area contributed by atoms with Crippen LogP contribution in [0.2, 0.25) is 0 Å². The first-order valence-corrected chi connectivity index (χ1v) is 11.0. The molecule has 0 radical (unpaired) electrons. The van der Waals surface area contributed by atoms with Crippen LogP contribution < -0.4 is 4.72 Å². The van der Waals surface area contributed by atoms with Crippen molar-refractivity contribution in [2.45, 2.75) is 13.0 Å². The van der Waals surface area contributed by atoms with Crippen molar-refractivity contribution in [3.63, 3.8) is 0 Å². The minimum Gasteiger partial charge on any atom is -0.357 e. The van der Waals surface area contributed by atoms with Crippen molar-refractivity contribution in [1.82, 2.24) is 9.88 Å². The van der Waals surface area contributed by atoms with Crippen LogP contribution in [-0.4, -0.2) is 31.9 Å². The second-order valence-corrected chi connectivity index (χ2v) is 9.66. The minimum atomic E-state index is -3.57. The van der Waals surface area contributed by atoms with Gasteiger partial charge in [0.2, 0.25) is 0 Å². The highest BCUT2D eigenvalue weighted by molar-refractivity contribution is 8.06. The number of fused-ring (bicyclic) bond motifs is 4. The average Bonchev–Trinajstić information content (AvgIpc) is 3.26. The zero-order valence-corrected chi connectivity index (χ0v) is 16.0. The summed E-state index contributed by atoms with van der Waals surface area (Å²) >= 11 is 1.59. The molecule has 134 valence electrons. The van der Waals surface area contributed by atoms with Crippen LogP contribution in [0.25, 0.3) is 10.9 Å². The number of hydrogen-bond donors (Lipinski definition) is 2. The molecule has 1 aromatic heterocycles. The van der Waals surface area contributed by atoms with Crippen molar-refractivity contribution in [3.8, 4) is 0 Å². The summed E-state index contributed by atoms with van der Waals surface area (Å²) in [5.41, 5.74) is 4.21. The fourth-order valence-electron chi connectivity index (χ4n) is 3.92. The molecule has 3 heterocycles. The number of anilines is 1. The molecule has 2 aromatic rings. The fourth-order valence-corrected chi connectivity index (χ4v) is 6.23. The Morgan fingerprint density at radius 3 is 3.08 bits per heavy atom. The van der Waals surface area contributed by atoms with Crippen molar-refractivity contribution in [2.24, 2.45) is 5.92 Å². The first kappa shape index (κ1) is 16.2. The number of likely N-dealkylation sites (N-methyl/N-ethyl adjacent to an activating group) is 1. The highest BCUT2D eigenvalue weighted by Gasteiger charge is 2.33. The largest absolute Gasteiger partial charge is 0.357 e. The molecule has 0 saturated carbocycles. The van der Waals surface area contributed by atoms with E-state index < -0.39 is 10.0 Å². The van der Waals surface area contributed by atoms with Crippen LogP contribution in [-0.2, 0) is 23.0 Å². The highest BCUT2D eigenvalue weighted by atomic mass is 32.2. The normalized spacial score (nSPS) is 22.3. The number of benzene rings is 1. The molecule has 0 bridgehead atoms. The second kappa shape index (κ2) is 5.77. The maximum atomic E-state index is 12.9. The lowest BCUT2D eigenvalue weighted by atomic mass is 10.0. The Morgan fingerprint density at radius 1 is 1.31 bits per heavy atom. The van der Waals surface area contributed by atoms with Crippen LogP contribution in [0.3, 0.4) is 0 Å². The van der Waals surface area contributed by atoms with E-state index in [9.17, 15) is 8.42 Å². The number of hydrogen-bond acceptors (Lipinski definition) is 4. The van der Waals surface area contributed by atoms with Crippen molar-refractivity contribution < 1.29 is 8.42 Å². The summed E-state index contributed by atoms with van der Waals surface area (Å²) < 4.78 is 28.5. The van der Waals surface area contributed by atoms with Gasteiger partial charge in [0.05, 0.1) is 4.91 Å². The van der Waals surface area contributed by atoms with Gasteiger partial charge in [-0.2, -0.15) is 0 Å². The molecule has 26 heavy (non-hydrogen) atoms. The lowest BCUT2D eigenvalue weighted by Gasteiger charge is -2.22. The summed E-state index contributed by atoms with van der Waals surface area (Å²) in [7, 11) is -1.46. The van der Waals surface area contributed by atoms with E-state index in [2.05, 4.69) is 21.7 Å². The number of aromatic amines is 1. The van der Waals surface area contributed by atoms with E-state index in [4.69, 9.17) is 0 Å². The number of H-pyrrole nitrogens is 1. The van der Waals surface area contributed by atoms with Crippen LogP contribution in [0.5, 0.6) is 0 Å². The third-order valence-corrected chi connectivity index (χ3v) is 7.70. The lowest BCUT2D eigenvalue weighted by molar-refractivity contribution is 0.310. The summed E-state index contributed by atoms with van der Waals surface area (Å²) in [5, 5.41) is 3.07. The van der Waals surface area contributed by atoms with E-state index >= 15 is 0 Å². The minimum absolute atomic E-state index is 0.128. The number of nitrogens with one attached hydrogen (secondary N) is 2. The van der Waals surface area contributed by atoms with Gasteiger partial charge in [-0.25, -0.2) is 8.42 Å². The van der Waals surface area contributed by atoms with Crippen LogP contribution in [0.4, 0.5) is 5.69 Å². The van der Waals surface area contributed by atoms with Gasteiger partial charge in [-0.05, 0) is 48.7 Å². The van der Waals surface area contributed by atoms with Crippen molar-refractivity contribution in [3.05, 3.63) is 62.9 Å². The first-order valence-electron chi connectivity index (χ1n) is 8.61. The molecule has 3 aliphatic rings. The van der Waals surface area contributed by atoms with E-state index in [0.29, 0.717) is 10.6 Å². The topological polar surface area (TPSA) is 65.2 Å². The first-order chi connectivity index (χ1) is 12.5. The number of thioether (sulfide) groups is 1. The zero-order chi connectivity index (χ0) is 17.9. The van der Waals surface area contributed by atoms with Crippen molar-refractivity contribution in [2.75, 3.05) is 18.3 Å². The van der Waals surface area contributed by atoms with E-state index in [1.54, 1.807) is 17.8 Å². The molecule has 1 unspecified atom stereocenters. The molecular weight excluding hydrogens is 366 g/mol. The predicted molar refractivity (Wildman–Crippen MR) is 107 cm³/mol. The average molecular weight is 386 g/mol. The smallest absolute Gasteiger partial charge is 0.258 e. The molecule has 5 rings (SSSR count). The molecule has 0 fully saturated rings. The molecule has 1 atom stereocenters.